The zero-order valence-corrected chi connectivity index (χ0v) is 21.3. The lowest BCUT2D eigenvalue weighted by Crippen LogP contribution is -2.56. The van der Waals surface area contributed by atoms with Crippen LogP contribution in [0.1, 0.15) is 49.3 Å². The van der Waals surface area contributed by atoms with Gasteiger partial charge in [-0.2, -0.15) is 21.6 Å². The molecule has 6 nitrogen and oxygen atoms in total. The molecule has 2 fully saturated rings. The first kappa shape index (κ1) is 26.5. The Hall–Kier alpha value is -2.59. The Morgan fingerprint density at radius 1 is 1.14 bits per heavy atom. The van der Waals surface area contributed by atoms with Gasteiger partial charge in [-0.15, -0.1) is 0 Å². The van der Waals surface area contributed by atoms with Gasteiger partial charge in [0.15, 0.2) is 11.5 Å². The van der Waals surface area contributed by atoms with Crippen LogP contribution in [0, 0.1) is 12.8 Å². The number of alkyl halides is 3. The van der Waals surface area contributed by atoms with E-state index in [4.69, 9.17) is 8.92 Å². The third-order valence-corrected chi connectivity index (χ3v) is 8.64. The Balaban J connectivity index is 1.90. The summed E-state index contributed by atoms with van der Waals surface area (Å²) in [5.74, 6) is -0.652. The molecule has 2 aromatic carbocycles. The summed E-state index contributed by atoms with van der Waals surface area (Å²) < 4.78 is 75.7. The number of piperidine rings is 1. The van der Waals surface area contributed by atoms with Crippen LogP contribution >= 0.6 is 0 Å². The van der Waals surface area contributed by atoms with Gasteiger partial charge in [0, 0.05) is 29.9 Å². The van der Waals surface area contributed by atoms with Crippen LogP contribution in [0.2, 0.25) is 0 Å². The van der Waals surface area contributed by atoms with Crippen LogP contribution in [-0.4, -0.2) is 44.2 Å². The fourth-order valence-electron chi connectivity index (χ4n) is 5.80. The minimum absolute atomic E-state index is 0.000264. The number of carbonyl (C=O) groups is 1. The standard InChI is InChI=1S/C26H30F3NO5S/c1-17-9-12-22(34-16-19-7-5-4-6-8-19)24(35-36(32,33)26(27,28)29)23(17)25-13-14-30(3)18(2)21(25)11-10-20(31)15-25/h4-9,12,18,21H,10-11,13-16H2,1-3H3/t18-,21+,25+/m1/s1. The van der Waals surface area contributed by atoms with Crippen molar-refractivity contribution in [3.8, 4) is 11.5 Å². The number of ether oxygens (including phenoxy) is 1. The highest BCUT2D eigenvalue weighted by atomic mass is 32.2. The predicted octanol–water partition coefficient (Wildman–Crippen LogP) is 5.13. The fraction of sp³-hybridized carbons (Fsp3) is 0.500. The molecule has 1 aliphatic heterocycles. The molecule has 196 valence electrons. The first-order valence-corrected chi connectivity index (χ1v) is 13.3. The number of ketones is 1. The van der Waals surface area contributed by atoms with Crippen molar-refractivity contribution >= 4 is 15.9 Å². The molecule has 3 atom stereocenters. The molecule has 0 spiro atoms. The van der Waals surface area contributed by atoms with Gasteiger partial charge in [0.05, 0.1) is 0 Å². The molecule has 2 aliphatic rings. The minimum Gasteiger partial charge on any atom is -0.485 e. The second kappa shape index (κ2) is 9.70. The number of rotatable bonds is 6. The summed E-state index contributed by atoms with van der Waals surface area (Å²) >= 11 is 0. The maximum absolute atomic E-state index is 13.5. The van der Waals surface area contributed by atoms with Crippen molar-refractivity contribution in [3.05, 3.63) is 59.2 Å². The van der Waals surface area contributed by atoms with Gasteiger partial charge in [-0.25, -0.2) is 0 Å². The first-order chi connectivity index (χ1) is 16.9. The van der Waals surface area contributed by atoms with Crippen molar-refractivity contribution in [2.45, 2.75) is 63.1 Å². The number of carbonyl (C=O) groups excluding carboxylic acids is 1. The summed E-state index contributed by atoms with van der Waals surface area (Å²) in [7, 11) is -4.01. The molecule has 0 bridgehead atoms. The van der Waals surface area contributed by atoms with Gasteiger partial charge in [-0.3, -0.25) is 4.79 Å². The Morgan fingerprint density at radius 2 is 1.83 bits per heavy atom. The molecule has 1 aliphatic carbocycles. The van der Waals surface area contributed by atoms with Crippen LogP contribution in [-0.2, 0) is 26.9 Å². The fourth-order valence-corrected chi connectivity index (χ4v) is 6.28. The average molecular weight is 526 g/mol. The summed E-state index contributed by atoms with van der Waals surface area (Å²) in [6, 6.07) is 12.1. The van der Waals surface area contributed by atoms with Gasteiger partial charge in [0.1, 0.15) is 12.4 Å². The van der Waals surface area contributed by atoms with Gasteiger partial charge in [-0.05, 0) is 63.4 Å². The summed E-state index contributed by atoms with van der Waals surface area (Å²) in [6.07, 6.45) is 1.53. The predicted molar refractivity (Wildman–Crippen MR) is 128 cm³/mol. The SMILES string of the molecule is Cc1ccc(OCc2ccccc2)c(OS(=O)(=O)C(F)(F)F)c1[C@]12CCN(C)[C@H](C)[C@@H]1CCC(=O)C2. The van der Waals surface area contributed by atoms with Crippen molar-refractivity contribution in [2.24, 2.45) is 5.92 Å². The van der Waals surface area contributed by atoms with Gasteiger partial charge in [0.25, 0.3) is 0 Å². The lowest BCUT2D eigenvalue weighted by atomic mass is 9.56. The number of hydrogen-bond acceptors (Lipinski definition) is 6. The minimum atomic E-state index is -5.99. The molecule has 0 aromatic heterocycles. The maximum atomic E-state index is 13.5. The smallest absolute Gasteiger partial charge is 0.485 e. The summed E-state index contributed by atoms with van der Waals surface area (Å²) in [4.78, 5) is 14.9. The Morgan fingerprint density at radius 3 is 2.50 bits per heavy atom. The van der Waals surface area contributed by atoms with E-state index >= 15 is 0 Å². The molecule has 1 heterocycles. The topological polar surface area (TPSA) is 72.9 Å². The first-order valence-electron chi connectivity index (χ1n) is 11.9. The van der Waals surface area contributed by atoms with E-state index in [1.165, 1.54) is 6.07 Å². The highest BCUT2D eigenvalue weighted by Gasteiger charge is 2.54. The number of hydrogen-bond donors (Lipinski definition) is 0. The Kier molecular flexibility index (Phi) is 7.13. The number of nitrogens with zero attached hydrogens (tertiary/aromatic N) is 1. The number of Topliss-reactive ketones (excluding diaryl/α,β-unsaturated/α-hetero) is 1. The summed E-state index contributed by atoms with van der Waals surface area (Å²) in [5, 5.41) is 0. The molecule has 2 aromatic rings. The van der Waals surface area contributed by atoms with Crippen LogP contribution in [0.3, 0.4) is 0 Å². The molecule has 36 heavy (non-hydrogen) atoms. The second-order valence-electron chi connectivity index (χ2n) is 9.83. The molecule has 1 saturated heterocycles. The number of benzene rings is 2. The summed E-state index contributed by atoms with van der Waals surface area (Å²) in [6.45, 7) is 4.34. The third kappa shape index (κ3) is 4.85. The zero-order chi connectivity index (χ0) is 26.3. The number of aryl methyl sites for hydroxylation is 1. The highest BCUT2D eigenvalue weighted by molar-refractivity contribution is 7.88. The van der Waals surface area contributed by atoms with Crippen LogP contribution in [0.4, 0.5) is 13.2 Å². The molecular weight excluding hydrogens is 495 g/mol. The average Bonchev–Trinajstić information content (AvgIpc) is 2.81. The highest BCUT2D eigenvalue weighted by Crippen LogP contribution is 2.55. The van der Waals surface area contributed by atoms with Crippen LogP contribution in [0.15, 0.2) is 42.5 Å². The van der Waals surface area contributed by atoms with Crippen LogP contribution in [0.5, 0.6) is 11.5 Å². The lowest BCUT2D eigenvalue weighted by Gasteiger charge is -2.54. The van der Waals surface area contributed by atoms with Gasteiger partial charge >= 0.3 is 15.6 Å². The van der Waals surface area contributed by atoms with E-state index in [1.807, 2.05) is 20.0 Å². The van der Waals surface area contributed by atoms with E-state index < -0.39 is 26.8 Å². The molecule has 1 saturated carbocycles. The van der Waals surface area contributed by atoms with Gasteiger partial charge in [0.2, 0.25) is 0 Å². The number of likely N-dealkylation sites (tertiary alicyclic amines) is 1. The van der Waals surface area contributed by atoms with Crippen LogP contribution in [0.25, 0.3) is 0 Å². The molecule has 0 radical (unpaired) electrons. The van der Waals surface area contributed by atoms with Gasteiger partial charge in [-0.1, -0.05) is 36.4 Å². The maximum Gasteiger partial charge on any atom is 0.534 e. The normalized spacial score (nSPS) is 25.3. The quantitative estimate of drug-likeness (QED) is 0.385. The van der Waals surface area contributed by atoms with E-state index in [1.54, 1.807) is 37.3 Å². The monoisotopic (exact) mass is 525 g/mol. The molecule has 10 heteroatoms. The lowest BCUT2D eigenvalue weighted by molar-refractivity contribution is -0.126. The molecule has 0 unspecified atom stereocenters. The van der Waals surface area contributed by atoms with E-state index in [-0.39, 0.29) is 36.5 Å². The Bertz CT molecular complexity index is 1230. The van der Waals surface area contributed by atoms with E-state index in [9.17, 15) is 26.4 Å². The van der Waals surface area contributed by atoms with E-state index in [0.717, 1.165) is 5.56 Å². The largest absolute Gasteiger partial charge is 0.534 e. The molecular formula is C26H30F3NO5S. The molecule has 0 amide bonds. The zero-order valence-electron chi connectivity index (χ0n) is 20.5. The summed E-state index contributed by atoms with van der Waals surface area (Å²) in [5.41, 5.74) is -4.86. The van der Waals surface area contributed by atoms with Gasteiger partial charge < -0.3 is 13.8 Å². The van der Waals surface area contributed by atoms with Crippen molar-refractivity contribution in [1.29, 1.82) is 0 Å². The third-order valence-electron chi connectivity index (χ3n) is 7.69. The molecule has 0 N–H and O–H groups in total. The van der Waals surface area contributed by atoms with E-state index in [2.05, 4.69) is 4.90 Å². The van der Waals surface area contributed by atoms with E-state index in [0.29, 0.717) is 36.9 Å². The number of fused-ring (bicyclic) bond motifs is 1. The number of halogens is 3. The van der Waals surface area contributed by atoms with Crippen LogP contribution < -0.4 is 8.92 Å². The van der Waals surface area contributed by atoms with Crippen molar-refractivity contribution in [2.75, 3.05) is 13.6 Å². The second-order valence-corrected chi connectivity index (χ2v) is 11.4. The van der Waals surface area contributed by atoms with Crippen molar-refractivity contribution in [3.63, 3.8) is 0 Å². The van der Waals surface area contributed by atoms with Crippen molar-refractivity contribution in [1.82, 2.24) is 4.90 Å². The van der Waals surface area contributed by atoms with Crippen molar-refractivity contribution < 1.29 is 35.3 Å². The molecule has 4 rings (SSSR count). The Labute approximate surface area is 209 Å².